The zero-order chi connectivity index (χ0) is 17.6. The Morgan fingerprint density at radius 3 is 2.84 bits per heavy atom. The lowest BCUT2D eigenvalue weighted by atomic mass is 10.3. The molecule has 3 heterocycles. The van der Waals surface area contributed by atoms with E-state index in [1.165, 1.54) is 17.7 Å². The van der Waals surface area contributed by atoms with Gasteiger partial charge in [0.1, 0.15) is 12.1 Å². The molecular weight excluding hydrogens is 344 g/mol. The first-order valence-corrected chi connectivity index (χ1v) is 8.01. The number of thiazole rings is 1. The molecule has 0 aromatic carbocycles. The van der Waals surface area contributed by atoms with Crippen LogP contribution >= 0.6 is 11.3 Å². The molecule has 0 radical (unpaired) electrons. The maximum Gasteiger partial charge on any atom is 0.419 e. The van der Waals surface area contributed by atoms with Crippen LogP contribution < -0.4 is 15.4 Å². The minimum Gasteiger partial charge on any atom is -0.390 e. The van der Waals surface area contributed by atoms with E-state index in [4.69, 9.17) is 9.84 Å². The minimum atomic E-state index is -0.736. The van der Waals surface area contributed by atoms with Crippen molar-refractivity contribution in [1.82, 2.24) is 19.9 Å². The van der Waals surface area contributed by atoms with Crippen LogP contribution in [0.15, 0.2) is 36.9 Å². The van der Waals surface area contributed by atoms with Crippen molar-refractivity contribution < 1.29 is 14.6 Å². The fourth-order valence-corrected chi connectivity index (χ4v) is 2.67. The van der Waals surface area contributed by atoms with Crippen LogP contribution in [0.25, 0.3) is 0 Å². The zero-order valence-corrected chi connectivity index (χ0v) is 13.9. The molecule has 0 saturated heterocycles. The second-order valence-electron chi connectivity index (χ2n) is 4.81. The predicted molar refractivity (Wildman–Crippen MR) is 92.0 cm³/mol. The number of carbonyl (C=O) groups excluding carboxylic acids is 1. The first-order valence-electron chi connectivity index (χ1n) is 7.19. The van der Waals surface area contributed by atoms with E-state index >= 15 is 0 Å². The van der Waals surface area contributed by atoms with Gasteiger partial charge in [-0.3, -0.25) is 5.32 Å². The predicted octanol–water partition coefficient (Wildman–Crippen LogP) is 2.48. The molecule has 0 bridgehead atoms. The van der Waals surface area contributed by atoms with Gasteiger partial charge in [0.2, 0.25) is 0 Å². The molecule has 0 atom stereocenters. The van der Waals surface area contributed by atoms with Crippen molar-refractivity contribution in [3.8, 4) is 5.88 Å². The van der Waals surface area contributed by atoms with Crippen molar-refractivity contribution in [2.75, 3.05) is 10.6 Å². The standard InChI is InChI=1S/C15H14N6O3S/c1-9-18-13(14(25-9)20-11-5-16-8-17-6-11)24-15(23)21-12-4-2-3-10(7-22)19-12/h2-6,8,20,22H,7H2,1H3,(H,19,21,23). The summed E-state index contributed by atoms with van der Waals surface area (Å²) in [7, 11) is 0. The van der Waals surface area contributed by atoms with Crippen molar-refractivity contribution in [2.24, 2.45) is 0 Å². The molecule has 0 aliphatic carbocycles. The highest BCUT2D eigenvalue weighted by atomic mass is 32.1. The summed E-state index contributed by atoms with van der Waals surface area (Å²) in [5, 5.41) is 15.9. The Labute approximate surface area is 146 Å². The van der Waals surface area contributed by atoms with E-state index in [1.807, 2.05) is 0 Å². The summed E-state index contributed by atoms with van der Waals surface area (Å²) in [5.74, 6) is 0.414. The Morgan fingerprint density at radius 1 is 1.28 bits per heavy atom. The summed E-state index contributed by atoms with van der Waals surface area (Å²) in [6, 6.07) is 4.90. The van der Waals surface area contributed by atoms with Gasteiger partial charge < -0.3 is 15.2 Å². The quantitative estimate of drug-likeness (QED) is 0.636. The van der Waals surface area contributed by atoms with Crippen LogP contribution in [-0.4, -0.2) is 31.1 Å². The van der Waals surface area contributed by atoms with Crippen molar-refractivity contribution in [1.29, 1.82) is 0 Å². The van der Waals surface area contributed by atoms with Gasteiger partial charge in [-0.15, -0.1) is 0 Å². The van der Waals surface area contributed by atoms with Gasteiger partial charge in [-0.1, -0.05) is 17.4 Å². The molecule has 0 aliphatic heterocycles. The Balaban J connectivity index is 1.70. The lowest BCUT2D eigenvalue weighted by Gasteiger charge is -2.07. The number of amides is 1. The summed E-state index contributed by atoms with van der Waals surface area (Å²) in [4.78, 5) is 28.1. The van der Waals surface area contributed by atoms with E-state index in [0.29, 0.717) is 16.4 Å². The largest absolute Gasteiger partial charge is 0.419 e. The molecule has 3 N–H and O–H groups in total. The third-order valence-corrected chi connectivity index (χ3v) is 3.78. The van der Waals surface area contributed by atoms with Gasteiger partial charge in [-0.25, -0.2) is 24.7 Å². The molecule has 0 aliphatic rings. The number of pyridine rings is 1. The minimum absolute atomic E-state index is 0.141. The normalized spacial score (nSPS) is 10.3. The van der Waals surface area contributed by atoms with Crippen LogP contribution in [0.3, 0.4) is 0 Å². The number of nitrogens with one attached hydrogen (secondary N) is 2. The lowest BCUT2D eigenvalue weighted by Crippen LogP contribution is -2.18. The van der Waals surface area contributed by atoms with Gasteiger partial charge in [0.15, 0.2) is 5.00 Å². The highest BCUT2D eigenvalue weighted by molar-refractivity contribution is 7.16. The molecule has 0 saturated carbocycles. The molecule has 10 heteroatoms. The highest BCUT2D eigenvalue weighted by Gasteiger charge is 2.16. The molecule has 3 aromatic heterocycles. The van der Waals surface area contributed by atoms with Crippen LogP contribution in [0.4, 0.5) is 21.3 Å². The third-order valence-electron chi connectivity index (χ3n) is 2.91. The number of aryl methyl sites for hydroxylation is 1. The first-order chi connectivity index (χ1) is 12.1. The molecular formula is C15H14N6O3S. The van der Waals surface area contributed by atoms with E-state index in [2.05, 4.69) is 30.6 Å². The van der Waals surface area contributed by atoms with E-state index in [9.17, 15) is 4.79 Å². The van der Waals surface area contributed by atoms with E-state index in [0.717, 1.165) is 5.01 Å². The van der Waals surface area contributed by atoms with Crippen LogP contribution in [0.2, 0.25) is 0 Å². The van der Waals surface area contributed by atoms with Gasteiger partial charge in [-0.2, -0.15) is 0 Å². The second-order valence-corrected chi connectivity index (χ2v) is 6.01. The van der Waals surface area contributed by atoms with Crippen molar-refractivity contribution in [2.45, 2.75) is 13.5 Å². The average molecular weight is 358 g/mol. The number of aliphatic hydroxyl groups excluding tert-OH is 1. The van der Waals surface area contributed by atoms with Crippen LogP contribution in [-0.2, 0) is 6.61 Å². The number of hydrogen-bond acceptors (Lipinski definition) is 9. The summed E-state index contributed by atoms with van der Waals surface area (Å²) >= 11 is 1.33. The summed E-state index contributed by atoms with van der Waals surface area (Å²) in [6.07, 6.45) is 3.87. The SMILES string of the molecule is Cc1nc(OC(=O)Nc2cccc(CO)n2)c(Nc2cncnc2)s1. The molecule has 3 aromatic rings. The van der Waals surface area contributed by atoms with Gasteiger partial charge in [0.25, 0.3) is 5.88 Å². The molecule has 25 heavy (non-hydrogen) atoms. The van der Waals surface area contributed by atoms with E-state index in [1.54, 1.807) is 37.5 Å². The smallest absolute Gasteiger partial charge is 0.390 e. The lowest BCUT2D eigenvalue weighted by molar-refractivity contribution is 0.213. The van der Waals surface area contributed by atoms with Crippen molar-refractivity contribution in [3.63, 3.8) is 0 Å². The number of aliphatic hydroxyl groups is 1. The number of aromatic nitrogens is 4. The van der Waals surface area contributed by atoms with Gasteiger partial charge in [0.05, 0.1) is 35.4 Å². The zero-order valence-electron chi connectivity index (χ0n) is 13.1. The van der Waals surface area contributed by atoms with Crippen LogP contribution in [0.5, 0.6) is 5.88 Å². The average Bonchev–Trinajstić information content (AvgIpc) is 2.94. The number of hydrogen-bond donors (Lipinski definition) is 3. The summed E-state index contributed by atoms with van der Waals surface area (Å²) in [6.45, 7) is 1.58. The molecule has 128 valence electrons. The number of anilines is 3. The molecule has 1 amide bonds. The molecule has 9 nitrogen and oxygen atoms in total. The Morgan fingerprint density at radius 2 is 2.08 bits per heavy atom. The molecule has 0 spiro atoms. The maximum atomic E-state index is 12.1. The Bertz CT molecular complexity index is 871. The van der Waals surface area contributed by atoms with E-state index < -0.39 is 6.09 Å². The fourth-order valence-electron chi connectivity index (χ4n) is 1.91. The third kappa shape index (κ3) is 4.46. The Kier molecular flexibility index (Phi) is 5.11. The topological polar surface area (TPSA) is 122 Å². The van der Waals surface area contributed by atoms with Crippen molar-refractivity contribution in [3.05, 3.63) is 47.6 Å². The maximum absolute atomic E-state index is 12.1. The van der Waals surface area contributed by atoms with Gasteiger partial charge in [-0.05, 0) is 19.1 Å². The first kappa shape index (κ1) is 16.7. The number of nitrogens with zero attached hydrogens (tertiary/aromatic N) is 4. The fraction of sp³-hybridized carbons (Fsp3) is 0.133. The molecule has 0 fully saturated rings. The summed E-state index contributed by atoms with van der Waals surface area (Å²) < 4.78 is 5.26. The number of ether oxygens (including phenoxy) is 1. The number of carbonyl (C=O) groups is 1. The van der Waals surface area contributed by atoms with Gasteiger partial charge >= 0.3 is 6.09 Å². The summed E-state index contributed by atoms with van der Waals surface area (Å²) in [5.41, 5.74) is 1.09. The van der Waals surface area contributed by atoms with Crippen LogP contribution in [0.1, 0.15) is 10.7 Å². The Hall–Kier alpha value is -3.11. The monoisotopic (exact) mass is 358 g/mol. The van der Waals surface area contributed by atoms with Crippen molar-refractivity contribution >= 4 is 33.9 Å². The van der Waals surface area contributed by atoms with Crippen LogP contribution in [0, 0.1) is 6.92 Å². The van der Waals surface area contributed by atoms with E-state index in [-0.39, 0.29) is 18.3 Å². The highest BCUT2D eigenvalue weighted by Crippen LogP contribution is 2.33. The molecule has 3 rings (SSSR count). The number of rotatable bonds is 5. The second kappa shape index (κ2) is 7.64. The molecule has 0 unspecified atom stereocenters. The van der Waals surface area contributed by atoms with Gasteiger partial charge in [0, 0.05) is 0 Å².